The fourth-order valence-corrected chi connectivity index (χ4v) is 2.28. The van der Waals surface area contributed by atoms with E-state index in [1.165, 1.54) is 0 Å². The zero-order valence-electron chi connectivity index (χ0n) is 12.9. The van der Waals surface area contributed by atoms with E-state index in [4.69, 9.17) is 9.84 Å². The number of methoxy groups -OCH3 is 1. The van der Waals surface area contributed by atoms with E-state index in [0.717, 1.165) is 22.4 Å². The van der Waals surface area contributed by atoms with Gasteiger partial charge in [0.2, 0.25) is 0 Å². The highest BCUT2D eigenvalue weighted by Gasteiger charge is 2.11. The summed E-state index contributed by atoms with van der Waals surface area (Å²) in [4.78, 5) is 11.0. The minimum Gasteiger partial charge on any atom is -0.497 e. The van der Waals surface area contributed by atoms with Crippen molar-refractivity contribution in [2.24, 2.45) is 0 Å². The first-order chi connectivity index (χ1) is 11.7. The molecule has 24 heavy (non-hydrogen) atoms. The highest BCUT2D eigenvalue weighted by atomic mass is 16.5. The van der Waals surface area contributed by atoms with E-state index in [-0.39, 0.29) is 5.69 Å². The number of hydrogen-bond donors (Lipinski definition) is 2. The molecule has 1 aromatic heterocycles. The minimum absolute atomic E-state index is 0.0979. The first-order valence-corrected chi connectivity index (χ1v) is 7.24. The Labute approximate surface area is 138 Å². The molecule has 0 saturated carbocycles. The second-order valence-electron chi connectivity index (χ2n) is 5.07. The summed E-state index contributed by atoms with van der Waals surface area (Å²) in [5, 5.41) is 18.6. The number of nitrogens with one attached hydrogen (secondary N) is 1. The van der Waals surface area contributed by atoms with Crippen LogP contribution in [-0.4, -0.2) is 33.6 Å². The van der Waals surface area contributed by atoms with Crippen molar-refractivity contribution in [1.82, 2.24) is 15.4 Å². The molecular weight excluding hydrogens is 306 g/mol. The van der Waals surface area contributed by atoms with Crippen LogP contribution in [0.2, 0.25) is 0 Å². The third kappa shape index (κ3) is 3.33. The summed E-state index contributed by atoms with van der Waals surface area (Å²) in [7, 11) is 1.64. The van der Waals surface area contributed by atoms with Gasteiger partial charge in [0, 0.05) is 0 Å². The maximum absolute atomic E-state index is 11.0. The standard InChI is InChI=1S/C18H15N3O3/c1-24-15-4-2-3-14(11-15)13-8-5-12(6-9-13)7-10-16-17(18(22)23)20-21-19-16/h2-11H,1H3,(H,22,23)(H,19,20,21). The van der Waals surface area contributed by atoms with Crippen molar-refractivity contribution in [3.63, 3.8) is 0 Å². The molecule has 0 amide bonds. The molecule has 0 fully saturated rings. The zero-order valence-corrected chi connectivity index (χ0v) is 12.9. The number of benzene rings is 2. The summed E-state index contributed by atoms with van der Waals surface area (Å²) in [6.45, 7) is 0. The molecule has 6 heteroatoms. The lowest BCUT2D eigenvalue weighted by molar-refractivity contribution is 0.0690. The highest BCUT2D eigenvalue weighted by molar-refractivity contribution is 5.90. The van der Waals surface area contributed by atoms with Gasteiger partial charge in [-0.1, -0.05) is 47.7 Å². The minimum atomic E-state index is -1.11. The molecule has 0 aliphatic heterocycles. The van der Waals surface area contributed by atoms with Gasteiger partial charge in [0.15, 0.2) is 5.69 Å². The van der Waals surface area contributed by atoms with Crippen LogP contribution in [0, 0.1) is 0 Å². The Morgan fingerprint density at radius 3 is 2.62 bits per heavy atom. The van der Waals surface area contributed by atoms with E-state index in [0.29, 0.717) is 5.69 Å². The van der Waals surface area contributed by atoms with Crippen LogP contribution in [0.5, 0.6) is 5.75 Å². The van der Waals surface area contributed by atoms with Gasteiger partial charge in [-0.2, -0.15) is 0 Å². The average Bonchev–Trinajstić information content (AvgIpc) is 3.09. The van der Waals surface area contributed by atoms with Crippen LogP contribution in [0.25, 0.3) is 23.3 Å². The summed E-state index contributed by atoms with van der Waals surface area (Å²) < 4.78 is 5.24. The number of hydrogen-bond acceptors (Lipinski definition) is 4. The third-order valence-corrected chi connectivity index (χ3v) is 3.53. The topological polar surface area (TPSA) is 88.1 Å². The molecular formula is C18H15N3O3. The molecule has 0 atom stereocenters. The van der Waals surface area contributed by atoms with Crippen molar-refractivity contribution in [2.45, 2.75) is 0 Å². The summed E-state index contributed by atoms with van der Waals surface area (Å²) >= 11 is 0. The molecule has 0 aliphatic rings. The van der Waals surface area contributed by atoms with Crippen molar-refractivity contribution in [1.29, 1.82) is 0 Å². The molecule has 0 bridgehead atoms. The highest BCUT2D eigenvalue weighted by Crippen LogP contribution is 2.24. The fraction of sp³-hybridized carbons (Fsp3) is 0.0556. The number of nitrogens with zero attached hydrogens (tertiary/aromatic N) is 2. The fourth-order valence-electron chi connectivity index (χ4n) is 2.28. The summed E-state index contributed by atoms with van der Waals surface area (Å²) in [6, 6.07) is 15.7. The quantitative estimate of drug-likeness (QED) is 0.752. The number of aromatic carboxylic acids is 1. The Bertz CT molecular complexity index is 883. The van der Waals surface area contributed by atoms with Crippen molar-refractivity contribution < 1.29 is 14.6 Å². The SMILES string of the molecule is COc1cccc(-c2ccc(C=Cc3[nH]nnc3C(=O)O)cc2)c1. The first-order valence-electron chi connectivity index (χ1n) is 7.24. The Morgan fingerprint density at radius 1 is 1.12 bits per heavy atom. The number of carbonyl (C=O) groups is 1. The Hall–Kier alpha value is -3.41. The smallest absolute Gasteiger partial charge is 0.358 e. The normalized spacial score (nSPS) is 10.9. The number of aromatic nitrogens is 3. The molecule has 0 aliphatic carbocycles. The van der Waals surface area contributed by atoms with Crippen LogP contribution in [0.4, 0.5) is 0 Å². The van der Waals surface area contributed by atoms with Gasteiger partial charge in [0.05, 0.1) is 12.8 Å². The lowest BCUT2D eigenvalue weighted by Crippen LogP contribution is -1.98. The van der Waals surface area contributed by atoms with Crippen molar-refractivity contribution in [3.05, 3.63) is 65.5 Å². The molecule has 120 valence electrons. The molecule has 1 heterocycles. The molecule has 0 unspecified atom stereocenters. The number of carboxylic acid groups (broad SMARTS) is 1. The van der Waals surface area contributed by atoms with E-state index in [1.807, 2.05) is 48.5 Å². The summed E-state index contributed by atoms with van der Waals surface area (Å²) in [5.41, 5.74) is 3.34. The Morgan fingerprint density at radius 2 is 1.92 bits per heavy atom. The predicted octanol–water partition coefficient (Wildman–Crippen LogP) is 3.35. The van der Waals surface area contributed by atoms with Gasteiger partial charge < -0.3 is 9.84 Å². The maximum atomic E-state index is 11.0. The van der Waals surface area contributed by atoms with Gasteiger partial charge in [0.1, 0.15) is 5.75 Å². The Kier molecular flexibility index (Phi) is 4.38. The van der Waals surface area contributed by atoms with Gasteiger partial charge >= 0.3 is 5.97 Å². The summed E-state index contributed by atoms with van der Waals surface area (Å²) in [5.74, 6) is -0.304. The average molecular weight is 321 g/mol. The van der Waals surface area contributed by atoms with Crippen molar-refractivity contribution in [2.75, 3.05) is 7.11 Å². The van der Waals surface area contributed by atoms with Crippen LogP contribution >= 0.6 is 0 Å². The van der Waals surface area contributed by atoms with Gasteiger partial charge in [-0.05, 0) is 34.9 Å². The van der Waals surface area contributed by atoms with Crippen LogP contribution in [0.1, 0.15) is 21.7 Å². The van der Waals surface area contributed by atoms with E-state index in [9.17, 15) is 4.79 Å². The largest absolute Gasteiger partial charge is 0.497 e. The maximum Gasteiger partial charge on any atom is 0.358 e. The lowest BCUT2D eigenvalue weighted by Gasteiger charge is -2.05. The number of aromatic amines is 1. The van der Waals surface area contributed by atoms with E-state index in [2.05, 4.69) is 15.4 Å². The molecule has 2 aromatic carbocycles. The van der Waals surface area contributed by atoms with E-state index in [1.54, 1.807) is 19.3 Å². The first kappa shape index (κ1) is 15.5. The van der Waals surface area contributed by atoms with Crippen LogP contribution < -0.4 is 4.74 Å². The second kappa shape index (κ2) is 6.78. The second-order valence-corrected chi connectivity index (χ2v) is 5.07. The van der Waals surface area contributed by atoms with Crippen molar-refractivity contribution >= 4 is 18.1 Å². The molecule has 3 aromatic rings. The molecule has 0 spiro atoms. The molecule has 0 saturated heterocycles. The zero-order chi connectivity index (χ0) is 16.9. The van der Waals surface area contributed by atoms with Crippen LogP contribution in [0.15, 0.2) is 48.5 Å². The van der Waals surface area contributed by atoms with Gasteiger partial charge in [-0.15, -0.1) is 5.10 Å². The van der Waals surface area contributed by atoms with Crippen LogP contribution in [-0.2, 0) is 0 Å². The number of carboxylic acids is 1. The van der Waals surface area contributed by atoms with E-state index >= 15 is 0 Å². The third-order valence-electron chi connectivity index (χ3n) is 3.53. The Balaban J connectivity index is 1.80. The molecule has 2 N–H and O–H groups in total. The summed E-state index contributed by atoms with van der Waals surface area (Å²) in [6.07, 6.45) is 3.45. The predicted molar refractivity (Wildman–Crippen MR) is 90.7 cm³/mol. The number of rotatable bonds is 5. The lowest BCUT2D eigenvalue weighted by atomic mass is 10.0. The molecule has 6 nitrogen and oxygen atoms in total. The van der Waals surface area contributed by atoms with Gasteiger partial charge in [-0.25, -0.2) is 4.79 Å². The number of ether oxygens (including phenoxy) is 1. The van der Waals surface area contributed by atoms with Gasteiger partial charge in [-0.3, -0.25) is 5.10 Å². The van der Waals surface area contributed by atoms with Gasteiger partial charge in [0.25, 0.3) is 0 Å². The van der Waals surface area contributed by atoms with Crippen LogP contribution in [0.3, 0.4) is 0 Å². The molecule has 0 radical (unpaired) electrons. The molecule has 3 rings (SSSR count). The van der Waals surface area contributed by atoms with Crippen molar-refractivity contribution in [3.8, 4) is 16.9 Å². The number of H-pyrrole nitrogens is 1. The monoisotopic (exact) mass is 321 g/mol. The van der Waals surface area contributed by atoms with E-state index < -0.39 is 5.97 Å².